The number of carbonyl (C=O) groups excluding carboxylic acids is 2. The Morgan fingerprint density at radius 2 is 2.22 bits per heavy atom. The van der Waals surface area contributed by atoms with Crippen molar-refractivity contribution >= 4 is 28.2 Å². The topological polar surface area (TPSA) is 72.2 Å². The molecule has 0 radical (unpaired) electrons. The molecule has 0 saturated heterocycles. The smallest absolute Gasteiger partial charge is 0.301 e. The maximum atomic E-state index is 11.6. The highest BCUT2D eigenvalue weighted by Crippen LogP contribution is 2.25. The molecule has 0 saturated carbocycles. The Bertz CT molecular complexity index is 558. The van der Waals surface area contributed by atoms with Gasteiger partial charge in [-0.05, 0) is 18.1 Å². The van der Waals surface area contributed by atoms with Crippen molar-refractivity contribution in [2.24, 2.45) is 0 Å². The third kappa shape index (κ3) is 2.65. The average molecular weight is 264 g/mol. The molecular weight excluding hydrogens is 252 g/mol. The van der Waals surface area contributed by atoms with Crippen molar-refractivity contribution < 1.29 is 14.0 Å². The van der Waals surface area contributed by atoms with Gasteiger partial charge in [-0.3, -0.25) is 14.9 Å². The fraction of sp³-hybridized carbons (Fsp3) is 0.250. The van der Waals surface area contributed by atoms with E-state index in [1.54, 1.807) is 12.3 Å². The number of anilines is 1. The largest absolute Gasteiger partial charge is 0.461 e. The van der Waals surface area contributed by atoms with Gasteiger partial charge in [0.05, 0.1) is 6.26 Å². The quantitative estimate of drug-likeness (QED) is 0.680. The van der Waals surface area contributed by atoms with Gasteiger partial charge in [-0.2, -0.15) is 0 Å². The SMILES string of the molecule is CC(C)c1cnc(NC(=O)C(=O)c2ccco2)s1. The van der Waals surface area contributed by atoms with E-state index < -0.39 is 11.7 Å². The predicted molar refractivity (Wildman–Crippen MR) is 67.9 cm³/mol. The minimum absolute atomic E-state index is 0.0214. The molecule has 0 spiro atoms. The summed E-state index contributed by atoms with van der Waals surface area (Å²) in [5.41, 5.74) is 0. The Labute approximate surface area is 108 Å². The first kappa shape index (κ1) is 12.5. The molecule has 94 valence electrons. The zero-order chi connectivity index (χ0) is 13.1. The molecule has 0 atom stereocenters. The standard InChI is InChI=1S/C12H12N2O3S/c1-7(2)9-6-13-12(18-9)14-11(16)10(15)8-4-3-5-17-8/h3-7H,1-2H3,(H,13,14,16). The number of aromatic nitrogens is 1. The first-order valence-corrected chi connectivity index (χ1v) is 6.24. The van der Waals surface area contributed by atoms with Crippen LogP contribution in [0.2, 0.25) is 0 Å². The molecule has 0 aliphatic rings. The van der Waals surface area contributed by atoms with Crippen molar-refractivity contribution in [3.05, 3.63) is 35.2 Å². The summed E-state index contributed by atoms with van der Waals surface area (Å²) in [6, 6.07) is 3.00. The Kier molecular flexibility index (Phi) is 3.57. The maximum absolute atomic E-state index is 11.6. The Morgan fingerprint density at radius 3 is 2.78 bits per heavy atom. The van der Waals surface area contributed by atoms with E-state index in [0.29, 0.717) is 11.0 Å². The minimum atomic E-state index is -0.741. The van der Waals surface area contributed by atoms with E-state index in [-0.39, 0.29) is 5.76 Å². The number of amides is 1. The Hall–Kier alpha value is -1.95. The summed E-state index contributed by atoms with van der Waals surface area (Å²) < 4.78 is 4.87. The average Bonchev–Trinajstić information content (AvgIpc) is 2.98. The maximum Gasteiger partial charge on any atom is 0.301 e. The molecule has 6 heteroatoms. The molecule has 5 nitrogen and oxygen atoms in total. The van der Waals surface area contributed by atoms with Crippen molar-refractivity contribution in [1.82, 2.24) is 4.98 Å². The van der Waals surface area contributed by atoms with Crippen LogP contribution in [-0.4, -0.2) is 16.7 Å². The van der Waals surface area contributed by atoms with E-state index in [2.05, 4.69) is 10.3 Å². The third-order valence-corrected chi connectivity index (χ3v) is 3.48. The molecule has 18 heavy (non-hydrogen) atoms. The van der Waals surface area contributed by atoms with Crippen LogP contribution in [0.5, 0.6) is 0 Å². The molecule has 1 amide bonds. The van der Waals surface area contributed by atoms with Crippen LogP contribution in [-0.2, 0) is 4.79 Å². The monoisotopic (exact) mass is 264 g/mol. The van der Waals surface area contributed by atoms with Crippen LogP contribution in [0.3, 0.4) is 0 Å². The molecule has 2 aromatic heterocycles. The van der Waals surface area contributed by atoms with Crippen LogP contribution < -0.4 is 5.32 Å². The number of carbonyl (C=O) groups is 2. The lowest BCUT2D eigenvalue weighted by Crippen LogP contribution is -2.22. The van der Waals surface area contributed by atoms with Gasteiger partial charge in [0.25, 0.3) is 5.78 Å². The van der Waals surface area contributed by atoms with Gasteiger partial charge in [-0.15, -0.1) is 11.3 Å². The Morgan fingerprint density at radius 1 is 1.44 bits per heavy atom. The molecule has 0 aliphatic heterocycles. The van der Waals surface area contributed by atoms with E-state index in [4.69, 9.17) is 4.42 Å². The second-order valence-electron chi connectivity index (χ2n) is 3.98. The van der Waals surface area contributed by atoms with E-state index in [1.165, 1.54) is 23.7 Å². The van der Waals surface area contributed by atoms with Crippen LogP contribution in [0.15, 0.2) is 29.0 Å². The zero-order valence-corrected chi connectivity index (χ0v) is 10.8. The fourth-order valence-electron chi connectivity index (χ4n) is 1.28. The van der Waals surface area contributed by atoms with E-state index in [1.807, 2.05) is 13.8 Å². The summed E-state index contributed by atoms with van der Waals surface area (Å²) in [5, 5.41) is 2.88. The molecule has 0 aromatic carbocycles. The van der Waals surface area contributed by atoms with Crippen LogP contribution in [0, 0.1) is 0 Å². The van der Waals surface area contributed by atoms with Crippen molar-refractivity contribution in [3.8, 4) is 0 Å². The summed E-state index contributed by atoms with van der Waals surface area (Å²) in [5.74, 6) is -1.09. The molecular formula is C12H12N2O3S. The third-order valence-electron chi connectivity index (χ3n) is 2.26. The summed E-state index contributed by atoms with van der Waals surface area (Å²) in [6.07, 6.45) is 3.04. The molecule has 2 rings (SSSR count). The van der Waals surface area contributed by atoms with Crippen LogP contribution in [0.4, 0.5) is 5.13 Å². The lowest BCUT2D eigenvalue weighted by molar-refractivity contribution is -0.112. The van der Waals surface area contributed by atoms with Crippen LogP contribution in [0.25, 0.3) is 0 Å². The summed E-state index contributed by atoms with van der Waals surface area (Å²) in [4.78, 5) is 28.4. The molecule has 2 aromatic rings. The van der Waals surface area contributed by atoms with E-state index >= 15 is 0 Å². The van der Waals surface area contributed by atoms with Gasteiger partial charge in [-0.1, -0.05) is 13.8 Å². The molecule has 0 unspecified atom stereocenters. The highest BCUT2D eigenvalue weighted by atomic mass is 32.1. The number of rotatable bonds is 4. The Balaban J connectivity index is 2.05. The second-order valence-corrected chi connectivity index (χ2v) is 5.05. The number of ketones is 1. The number of nitrogens with zero attached hydrogens (tertiary/aromatic N) is 1. The first-order valence-electron chi connectivity index (χ1n) is 5.43. The summed E-state index contributed by atoms with van der Waals surface area (Å²) in [7, 11) is 0. The van der Waals surface area contributed by atoms with Gasteiger partial charge < -0.3 is 4.42 Å². The first-order chi connectivity index (χ1) is 8.58. The molecule has 0 aliphatic carbocycles. The fourth-order valence-corrected chi connectivity index (χ4v) is 2.10. The summed E-state index contributed by atoms with van der Waals surface area (Å²) in [6.45, 7) is 4.07. The van der Waals surface area contributed by atoms with Crippen molar-refractivity contribution in [3.63, 3.8) is 0 Å². The van der Waals surface area contributed by atoms with E-state index in [0.717, 1.165) is 4.88 Å². The number of thiazole rings is 1. The van der Waals surface area contributed by atoms with Gasteiger partial charge >= 0.3 is 5.91 Å². The molecule has 0 bridgehead atoms. The van der Waals surface area contributed by atoms with Crippen LogP contribution in [0.1, 0.15) is 35.2 Å². The van der Waals surface area contributed by atoms with Gasteiger partial charge in [0, 0.05) is 11.1 Å². The van der Waals surface area contributed by atoms with Gasteiger partial charge in [0.1, 0.15) is 0 Å². The van der Waals surface area contributed by atoms with Gasteiger partial charge in [-0.25, -0.2) is 4.98 Å². The minimum Gasteiger partial charge on any atom is -0.461 e. The predicted octanol–water partition coefficient (Wildman–Crippen LogP) is 2.68. The number of hydrogen-bond donors (Lipinski definition) is 1. The van der Waals surface area contributed by atoms with E-state index in [9.17, 15) is 9.59 Å². The number of hydrogen-bond acceptors (Lipinski definition) is 5. The molecule has 0 fully saturated rings. The highest BCUT2D eigenvalue weighted by Gasteiger charge is 2.20. The van der Waals surface area contributed by atoms with Crippen molar-refractivity contribution in [1.29, 1.82) is 0 Å². The highest BCUT2D eigenvalue weighted by molar-refractivity contribution is 7.15. The zero-order valence-electron chi connectivity index (χ0n) is 9.97. The number of furan rings is 1. The lowest BCUT2D eigenvalue weighted by Gasteiger charge is -1.99. The van der Waals surface area contributed by atoms with Gasteiger partial charge in [0.15, 0.2) is 10.9 Å². The number of Topliss-reactive ketones (excluding diaryl/α,β-unsaturated/α-hetero) is 1. The second kappa shape index (κ2) is 5.14. The molecule has 1 N–H and O–H groups in total. The summed E-state index contributed by atoms with van der Waals surface area (Å²) >= 11 is 1.36. The normalized spacial score (nSPS) is 10.6. The van der Waals surface area contributed by atoms with Gasteiger partial charge in [0.2, 0.25) is 0 Å². The lowest BCUT2D eigenvalue weighted by atomic mass is 10.2. The van der Waals surface area contributed by atoms with Crippen molar-refractivity contribution in [2.75, 3.05) is 5.32 Å². The molecule has 2 heterocycles. The van der Waals surface area contributed by atoms with Crippen LogP contribution >= 0.6 is 11.3 Å². The van der Waals surface area contributed by atoms with Crippen molar-refractivity contribution in [2.45, 2.75) is 19.8 Å². The number of nitrogens with one attached hydrogen (secondary N) is 1.